The van der Waals surface area contributed by atoms with Gasteiger partial charge in [0, 0.05) is 23.2 Å². The van der Waals surface area contributed by atoms with Crippen molar-refractivity contribution < 1.29 is 9.84 Å². The van der Waals surface area contributed by atoms with Gasteiger partial charge >= 0.3 is 0 Å². The van der Waals surface area contributed by atoms with Crippen molar-refractivity contribution in [1.82, 2.24) is 4.98 Å². The zero-order valence-electron chi connectivity index (χ0n) is 11.3. The summed E-state index contributed by atoms with van der Waals surface area (Å²) in [5.74, 6) is 0.742. The van der Waals surface area contributed by atoms with E-state index in [1.807, 2.05) is 48.5 Å². The van der Waals surface area contributed by atoms with Gasteiger partial charge in [0.1, 0.15) is 12.4 Å². The summed E-state index contributed by atoms with van der Waals surface area (Å²) in [6, 6.07) is 15.6. The number of aromatic nitrogens is 1. The Balaban J connectivity index is 1.85. The summed E-state index contributed by atoms with van der Waals surface area (Å²) in [5, 5.41) is 10.5. The maximum Gasteiger partial charge on any atom is 0.122 e. The molecule has 0 aliphatic heterocycles. The molecule has 0 saturated carbocycles. The lowest BCUT2D eigenvalue weighted by Crippen LogP contribution is -1.96. The van der Waals surface area contributed by atoms with E-state index in [-0.39, 0.29) is 6.61 Å². The Kier molecular flexibility index (Phi) is 4.04. The maximum absolute atomic E-state index is 9.19. The summed E-state index contributed by atoms with van der Waals surface area (Å²) in [6.07, 6.45) is 1.59. The molecule has 0 aliphatic carbocycles. The average molecular weight is 300 g/mol. The van der Waals surface area contributed by atoms with Crippen LogP contribution in [0.25, 0.3) is 10.9 Å². The Labute approximate surface area is 127 Å². The number of ether oxygens (including phenoxy) is 1. The number of hydrogen-bond acceptors (Lipinski definition) is 3. The van der Waals surface area contributed by atoms with Gasteiger partial charge < -0.3 is 9.84 Å². The molecule has 1 N–H and O–H groups in total. The van der Waals surface area contributed by atoms with Crippen LogP contribution in [0.15, 0.2) is 54.7 Å². The Bertz CT molecular complexity index is 759. The SMILES string of the molecule is OCc1cnc2cc(OCc3ccccc3)ccc2c1Cl. The summed E-state index contributed by atoms with van der Waals surface area (Å²) in [7, 11) is 0. The molecule has 4 heteroatoms. The number of benzene rings is 2. The number of rotatable bonds is 4. The van der Waals surface area contributed by atoms with Crippen molar-refractivity contribution in [1.29, 1.82) is 0 Å². The number of nitrogens with zero attached hydrogens (tertiary/aromatic N) is 1. The molecule has 3 aromatic rings. The molecule has 1 heterocycles. The molecule has 0 unspecified atom stereocenters. The Morgan fingerprint density at radius 1 is 1.10 bits per heavy atom. The van der Waals surface area contributed by atoms with Crippen molar-refractivity contribution in [3.63, 3.8) is 0 Å². The van der Waals surface area contributed by atoms with Gasteiger partial charge in [0.15, 0.2) is 0 Å². The normalized spacial score (nSPS) is 10.8. The van der Waals surface area contributed by atoms with Crippen LogP contribution in [0.3, 0.4) is 0 Å². The highest BCUT2D eigenvalue weighted by atomic mass is 35.5. The molecule has 0 bridgehead atoms. The highest BCUT2D eigenvalue weighted by Gasteiger charge is 2.07. The predicted octanol–water partition coefficient (Wildman–Crippen LogP) is 3.96. The minimum Gasteiger partial charge on any atom is -0.489 e. The van der Waals surface area contributed by atoms with Crippen molar-refractivity contribution in [3.05, 3.63) is 70.9 Å². The van der Waals surface area contributed by atoms with E-state index in [0.717, 1.165) is 22.2 Å². The molecule has 2 aromatic carbocycles. The van der Waals surface area contributed by atoms with E-state index < -0.39 is 0 Å². The molecule has 0 saturated heterocycles. The lowest BCUT2D eigenvalue weighted by Gasteiger charge is -2.09. The first-order valence-electron chi connectivity index (χ1n) is 6.62. The highest BCUT2D eigenvalue weighted by Crippen LogP contribution is 2.28. The third kappa shape index (κ3) is 2.99. The maximum atomic E-state index is 9.19. The zero-order chi connectivity index (χ0) is 14.7. The molecule has 0 aliphatic rings. The molecule has 0 radical (unpaired) electrons. The Hall–Kier alpha value is -2.10. The summed E-state index contributed by atoms with van der Waals surface area (Å²) in [4.78, 5) is 4.30. The highest BCUT2D eigenvalue weighted by molar-refractivity contribution is 6.36. The van der Waals surface area contributed by atoms with Crippen LogP contribution in [0.4, 0.5) is 0 Å². The van der Waals surface area contributed by atoms with Gasteiger partial charge in [-0.2, -0.15) is 0 Å². The first-order chi connectivity index (χ1) is 10.3. The van der Waals surface area contributed by atoms with Crippen molar-refractivity contribution >= 4 is 22.5 Å². The van der Waals surface area contributed by atoms with Crippen LogP contribution in [0.5, 0.6) is 5.75 Å². The lowest BCUT2D eigenvalue weighted by molar-refractivity contribution is 0.281. The number of hydrogen-bond donors (Lipinski definition) is 1. The van der Waals surface area contributed by atoms with E-state index in [0.29, 0.717) is 17.2 Å². The van der Waals surface area contributed by atoms with Gasteiger partial charge in [-0.15, -0.1) is 0 Å². The Morgan fingerprint density at radius 2 is 1.90 bits per heavy atom. The standard InChI is InChI=1S/C17H14ClNO2/c18-17-13(10-20)9-19-16-8-14(6-7-15(16)17)21-11-12-4-2-1-3-5-12/h1-9,20H,10-11H2. The number of pyridine rings is 1. The second-order valence-corrected chi connectivity index (χ2v) is 5.09. The summed E-state index contributed by atoms with van der Waals surface area (Å²) in [5.41, 5.74) is 2.49. The number of aliphatic hydroxyl groups excluding tert-OH is 1. The largest absolute Gasteiger partial charge is 0.489 e. The van der Waals surface area contributed by atoms with Crippen molar-refractivity contribution in [2.75, 3.05) is 0 Å². The summed E-state index contributed by atoms with van der Waals surface area (Å²) in [6.45, 7) is 0.392. The quantitative estimate of drug-likeness (QED) is 0.793. The van der Waals surface area contributed by atoms with Gasteiger partial charge in [-0.25, -0.2) is 0 Å². The van der Waals surface area contributed by atoms with E-state index in [1.54, 1.807) is 6.20 Å². The van der Waals surface area contributed by atoms with Gasteiger partial charge in [-0.3, -0.25) is 4.98 Å². The number of halogens is 1. The van der Waals surface area contributed by atoms with E-state index in [9.17, 15) is 5.11 Å². The molecule has 0 atom stereocenters. The number of fused-ring (bicyclic) bond motifs is 1. The molecular weight excluding hydrogens is 286 g/mol. The molecule has 3 nitrogen and oxygen atoms in total. The number of aliphatic hydroxyl groups is 1. The molecule has 1 aromatic heterocycles. The van der Waals surface area contributed by atoms with Crippen molar-refractivity contribution in [2.24, 2.45) is 0 Å². The fourth-order valence-electron chi connectivity index (χ4n) is 2.12. The van der Waals surface area contributed by atoms with Gasteiger partial charge in [0.25, 0.3) is 0 Å². The van der Waals surface area contributed by atoms with Crippen LogP contribution >= 0.6 is 11.6 Å². The summed E-state index contributed by atoms with van der Waals surface area (Å²) < 4.78 is 5.76. The fraction of sp³-hybridized carbons (Fsp3) is 0.118. The van der Waals surface area contributed by atoms with Gasteiger partial charge in [0.05, 0.1) is 17.1 Å². The molecule has 3 rings (SSSR count). The van der Waals surface area contributed by atoms with E-state index >= 15 is 0 Å². The first-order valence-corrected chi connectivity index (χ1v) is 7.00. The molecular formula is C17H14ClNO2. The molecule has 0 amide bonds. The minimum absolute atomic E-state index is 0.117. The second-order valence-electron chi connectivity index (χ2n) is 4.71. The molecule has 106 valence electrons. The predicted molar refractivity (Wildman–Crippen MR) is 83.4 cm³/mol. The Morgan fingerprint density at radius 3 is 2.67 bits per heavy atom. The minimum atomic E-state index is -0.117. The van der Waals surface area contributed by atoms with Crippen molar-refractivity contribution in [3.8, 4) is 5.75 Å². The first kappa shape index (κ1) is 13.9. The van der Waals surface area contributed by atoms with Crippen LogP contribution < -0.4 is 4.74 Å². The van der Waals surface area contributed by atoms with E-state index in [1.165, 1.54) is 0 Å². The van der Waals surface area contributed by atoms with Crippen molar-refractivity contribution in [2.45, 2.75) is 13.2 Å². The van der Waals surface area contributed by atoms with Crippen LogP contribution in [0.1, 0.15) is 11.1 Å². The zero-order valence-corrected chi connectivity index (χ0v) is 12.0. The lowest BCUT2D eigenvalue weighted by atomic mass is 10.1. The molecule has 0 fully saturated rings. The monoisotopic (exact) mass is 299 g/mol. The fourth-order valence-corrected chi connectivity index (χ4v) is 2.39. The molecule has 21 heavy (non-hydrogen) atoms. The van der Waals surface area contributed by atoms with E-state index in [2.05, 4.69) is 4.98 Å². The van der Waals surface area contributed by atoms with Gasteiger partial charge in [0.2, 0.25) is 0 Å². The van der Waals surface area contributed by atoms with Crippen LogP contribution in [-0.4, -0.2) is 10.1 Å². The third-order valence-corrected chi connectivity index (χ3v) is 3.71. The van der Waals surface area contributed by atoms with Gasteiger partial charge in [-0.05, 0) is 17.7 Å². The van der Waals surface area contributed by atoms with Crippen LogP contribution in [0, 0.1) is 0 Å². The second kappa shape index (κ2) is 6.12. The van der Waals surface area contributed by atoms with E-state index in [4.69, 9.17) is 16.3 Å². The average Bonchev–Trinajstić information content (AvgIpc) is 2.54. The van der Waals surface area contributed by atoms with Crippen LogP contribution in [0.2, 0.25) is 5.02 Å². The van der Waals surface area contributed by atoms with Gasteiger partial charge in [-0.1, -0.05) is 41.9 Å². The molecule has 0 spiro atoms. The smallest absolute Gasteiger partial charge is 0.122 e. The third-order valence-electron chi connectivity index (χ3n) is 3.27. The summed E-state index contributed by atoms with van der Waals surface area (Å²) >= 11 is 6.23. The topological polar surface area (TPSA) is 42.4 Å². The van der Waals surface area contributed by atoms with Crippen LogP contribution in [-0.2, 0) is 13.2 Å².